The van der Waals surface area contributed by atoms with Crippen LogP contribution in [-0.4, -0.2) is 32.3 Å². The van der Waals surface area contributed by atoms with E-state index in [2.05, 4.69) is 19.2 Å². The number of phenolic OH excluding ortho intramolecular Hbond substituents is 1. The van der Waals surface area contributed by atoms with Crippen molar-refractivity contribution in [2.45, 2.75) is 39.7 Å². The molecule has 2 N–H and O–H groups in total. The number of rotatable bonds is 4. The number of benzene rings is 2. The number of hydrogen-bond donors (Lipinski definition) is 2. The predicted octanol–water partition coefficient (Wildman–Crippen LogP) is 4.71. The normalized spacial score (nSPS) is 19.2. The van der Waals surface area contributed by atoms with Gasteiger partial charge in [-0.05, 0) is 60.7 Å². The Hall–Kier alpha value is -3.61. The third kappa shape index (κ3) is 3.53. The maximum Gasteiger partial charge on any atom is 0.226 e. The Balaban J connectivity index is 1.63. The molecule has 7 heteroatoms. The number of carbonyl (C=O) groups is 1. The van der Waals surface area contributed by atoms with Gasteiger partial charge in [0.15, 0.2) is 11.6 Å². The molecule has 0 bridgehead atoms. The van der Waals surface area contributed by atoms with Crippen molar-refractivity contribution in [2.24, 2.45) is 5.41 Å². The zero-order valence-electron chi connectivity index (χ0n) is 18.4. The van der Waals surface area contributed by atoms with Gasteiger partial charge >= 0.3 is 0 Å². The van der Waals surface area contributed by atoms with Gasteiger partial charge in [-0.1, -0.05) is 26.0 Å². The van der Waals surface area contributed by atoms with Crippen molar-refractivity contribution in [3.8, 4) is 22.9 Å². The van der Waals surface area contributed by atoms with Crippen LogP contribution >= 0.6 is 0 Å². The van der Waals surface area contributed by atoms with Crippen molar-refractivity contribution < 1.29 is 14.6 Å². The lowest BCUT2D eigenvalue weighted by Crippen LogP contribution is -2.36. The van der Waals surface area contributed by atoms with Crippen molar-refractivity contribution in [2.75, 3.05) is 11.9 Å². The third-order valence-electron chi connectivity index (χ3n) is 5.96. The topological polar surface area (TPSA) is 89.3 Å². The molecule has 2 aromatic carbocycles. The summed E-state index contributed by atoms with van der Waals surface area (Å²) in [5.74, 6) is 2.26. The predicted molar refractivity (Wildman–Crippen MR) is 122 cm³/mol. The molecule has 164 valence electrons. The van der Waals surface area contributed by atoms with Crippen LogP contribution in [0.4, 0.5) is 5.95 Å². The molecule has 0 saturated heterocycles. The molecule has 5 rings (SSSR count). The van der Waals surface area contributed by atoms with Gasteiger partial charge in [0.2, 0.25) is 5.95 Å². The maximum atomic E-state index is 13.3. The van der Waals surface area contributed by atoms with Gasteiger partial charge in [0.05, 0.1) is 6.61 Å². The van der Waals surface area contributed by atoms with Gasteiger partial charge in [0, 0.05) is 23.3 Å². The van der Waals surface area contributed by atoms with E-state index in [0.29, 0.717) is 24.8 Å². The summed E-state index contributed by atoms with van der Waals surface area (Å²) in [6.45, 7) is 6.78. The second-order valence-electron chi connectivity index (χ2n) is 9.11. The second-order valence-corrected chi connectivity index (χ2v) is 9.11. The molecule has 1 aliphatic carbocycles. The number of phenols is 1. The Labute approximate surface area is 186 Å². The number of Topliss-reactive ketones (excluding diaryl/α,β-unsaturated/α-hetero) is 1. The number of ether oxygens (including phenoxy) is 1. The number of ketones is 1. The summed E-state index contributed by atoms with van der Waals surface area (Å²) >= 11 is 0. The van der Waals surface area contributed by atoms with Gasteiger partial charge in [-0.2, -0.15) is 4.98 Å². The zero-order valence-corrected chi connectivity index (χ0v) is 18.4. The number of allylic oxidation sites excluding steroid dienone is 2. The molecule has 2 heterocycles. The van der Waals surface area contributed by atoms with Crippen LogP contribution in [0.1, 0.15) is 45.2 Å². The third-order valence-corrected chi connectivity index (χ3v) is 5.96. The first-order valence-corrected chi connectivity index (χ1v) is 10.9. The molecule has 32 heavy (non-hydrogen) atoms. The molecule has 0 fully saturated rings. The van der Waals surface area contributed by atoms with Crippen molar-refractivity contribution in [3.05, 3.63) is 65.4 Å². The molecule has 0 amide bonds. The molecule has 1 atom stereocenters. The maximum absolute atomic E-state index is 13.3. The highest BCUT2D eigenvalue weighted by atomic mass is 16.5. The highest BCUT2D eigenvalue weighted by Crippen LogP contribution is 2.45. The molecular formula is C25H26N4O3. The number of aromatic hydroxyl groups is 1. The van der Waals surface area contributed by atoms with Crippen LogP contribution < -0.4 is 10.1 Å². The fraction of sp³-hybridized carbons (Fsp3) is 0.320. The molecule has 3 aromatic rings. The Morgan fingerprint density at radius 1 is 1.12 bits per heavy atom. The minimum Gasteiger partial charge on any atom is -0.508 e. The van der Waals surface area contributed by atoms with Gasteiger partial charge < -0.3 is 15.2 Å². The van der Waals surface area contributed by atoms with E-state index >= 15 is 0 Å². The van der Waals surface area contributed by atoms with Gasteiger partial charge in [-0.15, -0.1) is 5.10 Å². The first-order valence-electron chi connectivity index (χ1n) is 10.9. The van der Waals surface area contributed by atoms with E-state index in [4.69, 9.17) is 14.8 Å². The minimum absolute atomic E-state index is 0.117. The summed E-state index contributed by atoms with van der Waals surface area (Å²) in [6, 6.07) is 14.3. The first kappa shape index (κ1) is 20.3. The van der Waals surface area contributed by atoms with Crippen LogP contribution in [0, 0.1) is 5.41 Å². The molecule has 0 saturated carbocycles. The lowest BCUT2D eigenvalue weighted by Gasteiger charge is -2.38. The summed E-state index contributed by atoms with van der Waals surface area (Å²) < 4.78 is 7.40. The molecule has 0 spiro atoms. The smallest absolute Gasteiger partial charge is 0.226 e. The molecule has 2 aliphatic rings. The summed E-state index contributed by atoms with van der Waals surface area (Å²) in [4.78, 5) is 18.0. The fourth-order valence-corrected chi connectivity index (χ4v) is 4.56. The van der Waals surface area contributed by atoms with E-state index in [1.807, 2.05) is 31.2 Å². The minimum atomic E-state index is -0.362. The number of nitrogens with one attached hydrogen (secondary N) is 1. The van der Waals surface area contributed by atoms with Gasteiger partial charge in [-0.25, -0.2) is 4.68 Å². The van der Waals surface area contributed by atoms with Crippen LogP contribution in [0.3, 0.4) is 0 Å². The van der Waals surface area contributed by atoms with Crippen molar-refractivity contribution in [3.63, 3.8) is 0 Å². The lowest BCUT2D eigenvalue weighted by atomic mass is 9.73. The van der Waals surface area contributed by atoms with E-state index in [9.17, 15) is 9.90 Å². The van der Waals surface area contributed by atoms with E-state index in [1.165, 1.54) is 0 Å². The van der Waals surface area contributed by atoms with Crippen LogP contribution in [-0.2, 0) is 4.79 Å². The van der Waals surface area contributed by atoms with Crippen LogP contribution in [0.2, 0.25) is 0 Å². The molecular weight excluding hydrogens is 404 g/mol. The number of aromatic nitrogens is 3. The summed E-state index contributed by atoms with van der Waals surface area (Å²) in [6.07, 6.45) is 1.26. The Bertz CT molecular complexity index is 1210. The highest BCUT2D eigenvalue weighted by molar-refractivity contribution is 6.00. The average Bonchev–Trinajstić information content (AvgIpc) is 3.16. The standard InChI is InChI=1S/C25H26N4O3/c1-4-32-18-11-7-15(8-12-18)22-21-19(13-25(2,3)14-20(21)31)26-24-27-23(28-29(22)24)16-5-9-17(30)10-6-16/h5-12,22,30H,4,13-14H2,1-3H3,(H,26,27,28). The number of hydrogen-bond acceptors (Lipinski definition) is 6. The van der Waals surface area contributed by atoms with Gasteiger partial charge in [-0.3, -0.25) is 4.79 Å². The zero-order chi connectivity index (χ0) is 22.5. The van der Waals surface area contributed by atoms with Gasteiger partial charge in [0.1, 0.15) is 17.5 Å². The van der Waals surface area contributed by atoms with Crippen LogP contribution in [0.15, 0.2) is 59.8 Å². The Morgan fingerprint density at radius 2 is 1.84 bits per heavy atom. The van der Waals surface area contributed by atoms with E-state index in [-0.39, 0.29) is 23.0 Å². The molecule has 1 unspecified atom stereocenters. The molecule has 7 nitrogen and oxygen atoms in total. The Morgan fingerprint density at radius 3 is 2.53 bits per heavy atom. The number of fused-ring (bicyclic) bond motifs is 1. The molecule has 1 aromatic heterocycles. The average molecular weight is 431 g/mol. The monoisotopic (exact) mass is 430 g/mol. The van der Waals surface area contributed by atoms with Crippen molar-refractivity contribution in [1.29, 1.82) is 0 Å². The first-order chi connectivity index (χ1) is 15.3. The van der Waals surface area contributed by atoms with E-state index in [1.54, 1.807) is 28.9 Å². The van der Waals surface area contributed by atoms with Gasteiger partial charge in [0.25, 0.3) is 0 Å². The number of carbonyl (C=O) groups excluding carboxylic acids is 1. The van der Waals surface area contributed by atoms with Crippen molar-refractivity contribution >= 4 is 11.7 Å². The Kier molecular flexibility index (Phi) is 4.77. The largest absolute Gasteiger partial charge is 0.508 e. The number of anilines is 1. The second kappa shape index (κ2) is 7.51. The summed E-state index contributed by atoms with van der Waals surface area (Å²) in [5.41, 5.74) is 3.31. The highest BCUT2D eigenvalue weighted by Gasteiger charge is 2.41. The lowest BCUT2D eigenvalue weighted by molar-refractivity contribution is -0.118. The molecule has 0 radical (unpaired) electrons. The SMILES string of the molecule is CCOc1ccc(C2C3=C(CC(C)(C)CC3=O)Nc3nc(-c4ccc(O)cc4)nn32)cc1. The summed E-state index contributed by atoms with van der Waals surface area (Å²) in [5, 5.41) is 17.8. The van der Waals surface area contributed by atoms with E-state index < -0.39 is 0 Å². The van der Waals surface area contributed by atoms with Crippen molar-refractivity contribution in [1.82, 2.24) is 14.8 Å². The van der Waals surface area contributed by atoms with Crippen LogP contribution in [0.5, 0.6) is 11.5 Å². The van der Waals surface area contributed by atoms with Crippen LogP contribution in [0.25, 0.3) is 11.4 Å². The van der Waals surface area contributed by atoms with E-state index in [0.717, 1.165) is 34.6 Å². The molecule has 1 aliphatic heterocycles. The quantitative estimate of drug-likeness (QED) is 0.623. The summed E-state index contributed by atoms with van der Waals surface area (Å²) in [7, 11) is 0. The number of nitrogens with zero attached hydrogens (tertiary/aromatic N) is 3. The fourth-order valence-electron chi connectivity index (χ4n) is 4.56.